The number of fused-ring (bicyclic) bond motifs is 1. The lowest BCUT2D eigenvalue weighted by Gasteiger charge is -2.26. The zero-order valence-corrected chi connectivity index (χ0v) is 16.9. The van der Waals surface area contributed by atoms with Gasteiger partial charge in [-0.3, -0.25) is 9.36 Å². The Morgan fingerprint density at radius 2 is 1.67 bits per heavy atom. The Labute approximate surface area is 173 Å². The van der Waals surface area contributed by atoms with Crippen LogP contribution in [0.4, 0.5) is 8.78 Å². The third kappa shape index (κ3) is 3.34. The average Bonchev–Trinajstić information content (AvgIpc) is 3.07. The number of amides is 1. The first-order chi connectivity index (χ1) is 14.4. The lowest BCUT2D eigenvalue weighted by molar-refractivity contribution is 0.0738. The number of para-hydroxylation sites is 1. The number of benzene rings is 3. The summed E-state index contributed by atoms with van der Waals surface area (Å²) >= 11 is 0. The van der Waals surface area contributed by atoms with Gasteiger partial charge < -0.3 is 4.90 Å². The van der Waals surface area contributed by atoms with E-state index in [2.05, 4.69) is 4.98 Å². The fourth-order valence-electron chi connectivity index (χ4n) is 3.72. The van der Waals surface area contributed by atoms with Crippen molar-refractivity contribution in [2.75, 3.05) is 7.05 Å². The van der Waals surface area contributed by atoms with Gasteiger partial charge in [-0.15, -0.1) is 0 Å². The van der Waals surface area contributed by atoms with Crippen LogP contribution >= 0.6 is 0 Å². The summed E-state index contributed by atoms with van der Waals surface area (Å²) in [5.41, 5.74) is 2.83. The van der Waals surface area contributed by atoms with E-state index in [0.29, 0.717) is 11.1 Å². The van der Waals surface area contributed by atoms with Gasteiger partial charge in [-0.05, 0) is 56.3 Å². The van der Waals surface area contributed by atoms with Crippen molar-refractivity contribution < 1.29 is 13.6 Å². The highest BCUT2D eigenvalue weighted by atomic mass is 19.1. The van der Waals surface area contributed by atoms with Crippen molar-refractivity contribution in [3.63, 3.8) is 0 Å². The second-order valence-electron chi connectivity index (χ2n) is 7.26. The number of rotatable bonds is 4. The normalized spacial score (nSPS) is 12.2. The Balaban J connectivity index is 1.69. The molecule has 0 saturated heterocycles. The van der Waals surface area contributed by atoms with Crippen LogP contribution in [0.15, 0.2) is 66.7 Å². The maximum atomic E-state index is 14.2. The minimum Gasteiger partial charge on any atom is -0.335 e. The van der Waals surface area contributed by atoms with Crippen molar-refractivity contribution in [2.24, 2.45) is 0 Å². The van der Waals surface area contributed by atoms with Crippen molar-refractivity contribution in [1.29, 1.82) is 0 Å². The fraction of sp³-hybridized carbons (Fsp3) is 0.167. The second-order valence-corrected chi connectivity index (χ2v) is 7.26. The highest BCUT2D eigenvalue weighted by Gasteiger charge is 2.24. The summed E-state index contributed by atoms with van der Waals surface area (Å²) in [4.78, 5) is 19.0. The summed E-state index contributed by atoms with van der Waals surface area (Å²) < 4.78 is 30.3. The molecule has 4 nitrogen and oxygen atoms in total. The van der Waals surface area contributed by atoms with Gasteiger partial charge in [-0.2, -0.15) is 0 Å². The number of aromatic nitrogens is 2. The van der Waals surface area contributed by atoms with Gasteiger partial charge in [0.05, 0.1) is 17.1 Å². The Hall–Kier alpha value is -3.54. The Kier molecular flexibility index (Phi) is 5.08. The molecule has 0 bridgehead atoms. The first-order valence-corrected chi connectivity index (χ1v) is 9.64. The average molecular weight is 405 g/mol. The number of hydrogen-bond acceptors (Lipinski definition) is 2. The van der Waals surface area contributed by atoms with E-state index in [9.17, 15) is 13.6 Å². The number of halogens is 2. The zero-order valence-electron chi connectivity index (χ0n) is 16.9. The molecule has 1 aromatic heterocycles. The van der Waals surface area contributed by atoms with Crippen LogP contribution in [0.3, 0.4) is 0 Å². The van der Waals surface area contributed by atoms with Gasteiger partial charge in [0.1, 0.15) is 17.5 Å². The third-order valence-electron chi connectivity index (χ3n) is 5.40. The SMILES string of the molecule is Cc1nc2cc(C(=O)N(C)C(C)c3c(F)cccc3F)ccc2n1-c1ccccc1. The summed E-state index contributed by atoms with van der Waals surface area (Å²) in [5.74, 6) is -0.875. The largest absolute Gasteiger partial charge is 0.335 e. The van der Waals surface area contributed by atoms with Crippen LogP contribution in [0.1, 0.15) is 34.7 Å². The summed E-state index contributed by atoms with van der Waals surface area (Å²) in [6, 6.07) is 18.0. The maximum Gasteiger partial charge on any atom is 0.254 e. The first-order valence-electron chi connectivity index (χ1n) is 9.64. The van der Waals surface area contributed by atoms with Gasteiger partial charge in [0, 0.05) is 23.9 Å². The van der Waals surface area contributed by atoms with Crippen molar-refractivity contribution in [3.8, 4) is 5.69 Å². The van der Waals surface area contributed by atoms with E-state index in [0.717, 1.165) is 17.0 Å². The van der Waals surface area contributed by atoms with Gasteiger partial charge in [-0.1, -0.05) is 24.3 Å². The van der Waals surface area contributed by atoms with Crippen LogP contribution in [-0.2, 0) is 0 Å². The summed E-state index contributed by atoms with van der Waals surface area (Å²) in [6.07, 6.45) is 0. The molecule has 1 atom stereocenters. The molecule has 1 unspecified atom stereocenters. The highest BCUT2D eigenvalue weighted by Crippen LogP contribution is 2.27. The van der Waals surface area contributed by atoms with Gasteiger partial charge >= 0.3 is 0 Å². The molecule has 0 aliphatic heterocycles. The molecule has 0 fully saturated rings. The molecule has 1 amide bonds. The van der Waals surface area contributed by atoms with Crippen molar-refractivity contribution in [1.82, 2.24) is 14.5 Å². The monoisotopic (exact) mass is 405 g/mol. The molecule has 0 aliphatic carbocycles. The van der Waals surface area contributed by atoms with E-state index in [1.54, 1.807) is 19.1 Å². The predicted molar refractivity (Wildman–Crippen MR) is 113 cm³/mol. The molecular formula is C24H21F2N3O. The molecule has 4 aromatic rings. The lowest BCUT2D eigenvalue weighted by atomic mass is 10.0. The Morgan fingerprint density at radius 3 is 2.33 bits per heavy atom. The molecular weight excluding hydrogens is 384 g/mol. The van der Waals surface area contributed by atoms with Crippen molar-refractivity contribution in [2.45, 2.75) is 19.9 Å². The number of carbonyl (C=O) groups is 1. The number of aryl methyl sites for hydroxylation is 1. The third-order valence-corrected chi connectivity index (χ3v) is 5.40. The molecule has 30 heavy (non-hydrogen) atoms. The highest BCUT2D eigenvalue weighted by molar-refractivity contribution is 5.97. The van der Waals surface area contributed by atoms with Crippen molar-refractivity contribution >= 4 is 16.9 Å². The fourth-order valence-corrected chi connectivity index (χ4v) is 3.72. The first kappa shape index (κ1) is 19.8. The lowest BCUT2D eigenvalue weighted by Crippen LogP contribution is -2.30. The minimum absolute atomic E-state index is 0.126. The van der Waals surface area contributed by atoms with Gasteiger partial charge in [-0.25, -0.2) is 13.8 Å². The van der Waals surface area contributed by atoms with E-state index in [1.807, 2.05) is 47.9 Å². The van der Waals surface area contributed by atoms with E-state index < -0.39 is 17.7 Å². The van der Waals surface area contributed by atoms with Crippen LogP contribution in [0.2, 0.25) is 0 Å². The van der Waals surface area contributed by atoms with Crippen molar-refractivity contribution in [3.05, 3.63) is 95.3 Å². The Bertz CT molecular complexity index is 1210. The molecule has 1 heterocycles. The quantitative estimate of drug-likeness (QED) is 0.453. The molecule has 0 N–H and O–H groups in total. The smallest absolute Gasteiger partial charge is 0.254 e. The molecule has 0 aliphatic rings. The zero-order chi connectivity index (χ0) is 21.4. The van der Waals surface area contributed by atoms with Crippen LogP contribution in [-0.4, -0.2) is 27.4 Å². The van der Waals surface area contributed by atoms with E-state index >= 15 is 0 Å². The summed E-state index contributed by atoms with van der Waals surface area (Å²) in [5, 5.41) is 0. The molecule has 3 aromatic carbocycles. The summed E-state index contributed by atoms with van der Waals surface area (Å²) in [6.45, 7) is 3.51. The molecule has 6 heteroatoms. The number of imidazole rings is 1. The maximum absolute atomic E-state index is 14.2. The van der Waals surface area contributed by atoms with Crippen LogP contribution in [0.5, 0.6) is 0 Å². The van der Waals surface area contributed by atoms with Gasteiger partial charge in [0.15, 0.2) is 0 Å². The minimum atomic E-state index is -0.766. The van der Waals surface area contributed by atoms with E-state index in [1.165, 1.54) is 30.1 Å². The number of hydrogen-bond donors (Lipinski definition) is 0. The topological polar surface area (TPSA) is 38.1 Å². The molecule has 0 spiro atoms. The van der Waals surface area contributed by atoms with Crippen LogP contribution in [0, 0.1) is 18.6 Å². The van der Waals surface area contributed by atoms with Crippen LogP contribution in [0.25, 0.3) is 16.7 Å². The number of carbonyl (C=O) groups excluding carboxylic acids is 1. The predicted octanol–water partition coefficient (Wildman–Crippen LogP) is 5.45. The standard InChI is InChI=1S/C24H21F2N3O/c1-15(23-19(25)10-7-11-20(23)26)28(3)24(30)17-12-13-22-21(14-17)27-16(2)29(22)18-8-5-4-6-9-18/h4-15H,1-3H3. The molecule has 4 rings (SSSR count). The van der Waals surface area contributed by atoms with Gasteiger partial charge in [0.25, 0.3) is 5.91 Å². The van der Waals surface area contributed by atoms with Crippen LogP contribution < -0.4 is 0 Å². The van der Waals surface area contributed by atoms with E-state index in [-0.39, 0.29) is 11.5 Å². The molecule has 152 valence electrons. The van der Waals surface area contributed by atoms with Gasteiger partial charge in [0.2, 0.25) is 0 Å². The second kappa shape index (κ2) is 7.71. The molecule has 0 radical (unpaired) electrons. The number of nitrogens with zero attached hydrogens (tertiary/aromatic N) is 3. The summed E-state index contributed by atoms with van der Waals surface area (Å²) in [7, 11) is 1.54. The van der Waals surface area contributed by atoms with E-state index in [4.69, 9.17) is 0 Å². The Morgan fingerprint density at radius 1 is 1.00 bits per heavy atom. The molecule has 0 saturated carbocycles.